The van der Waals surface area contributed by atoms with Crippen molar-refractivity contribution in [2.24, 2.45) is 10.9 Å². The fourth-order valence-electron chi connectivity index (χ4n) is 2.60. The maximum Gasteiger partial charge on any atom is 0.222 e. The van der Waals surface area contributed by atoms with E-state index < -0.39 is 0 Å². The molecule has 3 N–H and O–H groups in total. The number of hydrogen-bond acceptors (Lipinski definition) is 3. The lowest BCUT2D eigenvalue weighted by molar-refractivity contribution is -0.121. The molecular weight excluding hydrogens is 483 g/mol. The van der Waals surface area contributed by atoms with Gasteiger partial charge in [0.25, 0.3) is 0 Å². The number of carbonyl (C=O) groups excluding carboxylic acids is 1. The molecule has 5 nitrogen and oxygen atoms in total. The number of hydrogen-bond donors (Lipinski definition) is 3. The van der Waals surface area contributed by atoms with Crippen molar-refractivity contribution < 1.29 is 4.79 Å². The standard InChI is InChI=1S/C21H30N4OS.HI/c1-3-22-21(25-15-17(2)14-19-10-7-13-27-19)23-12-11-20(26)24-16-18-8-5-4-6-9-18;/h4-10,13,17H,3,11-12,14-16H2,1-2H3,(H,24,26)(H2,22,23,25);1H. The van der Waals surface area contributed by atoms with Gasteiger partial charge in [-0.15, -0.1) is 35.3 Å². The summed E-state index contributed by atoms with van der Waals surface area (Å²) in [6, 6.07) is 14.2. The number of guanidine groups is 1. The average Bonchev–Trinajstić information content (AvgIpc) is 3.18. The van der Waals surface area contributed by atoms with E-state index in [1.165, 1.54) is 4.88 Å². The van der Waals surface area contributed by atoms with Gasteiger partial charge in [-0.3, -0.25) is 9.79 Å². The lowest BCUT2D eigenvalue weighted by Gasteiger charge is -2.13. The number of thiophene rings is 1. The van der Waals surface area contributed by atoms with Gasteiger partial charge in [0, 0.05) is 37.5 Å². The van der Waals surface area contributed by atoms with Crippen LogP contribution < -0.4 is 16.0 Å². The van der Waals surface area contributed by atoms with Crippen LogP contribution in [0.5, 0.6) is 0 Å². The van der Waals surface area contributed by atoms with Crippen molar-refractivity contribution in [2.45, 2.75) is 33.2 Å². The topological polar surface area (TPSA) is 65.5 Å². The highest BCUT2D eigenvalue weighted by atomic mass is 127. The van der Waals surface area contributed by atoms with Crippen molar-refractivity contribution >= 4 is 47.2 Å². The maximum absolute atomic E-state index is 12.0. The Morgan fingerprint density at radius 2 is 1.89 bits per heavy atom. The number of nitrogens with zero attached hydrogens (tertiary/aromatic N) is 1. The summed E-state index contributed by atoms with van der Waals surface area (Å²) < 4.78 is 0. The molecule has 1 unspecified atom stereocenters. The number of amides is 1. The van der Waals surface area contributed by atoms with Crippen LogP contribution in [0.2, 0.25) is 0 Å². The summed E-state index contributed by atoms with van der Waals surface area (Å²) in [6.45, 7) is 6.93. The third kappa shape index (κ3) is 10.1. The summed E-state index contributed by atoms with van der Waals surface area (Å²) in [5.41, 5.74) is 1.11. The minimum Gasteiger partial charge on any atom is -0.357 e. The molecule has 0 aliphatic carbocycles. The molecule has 0 saturated heterocycles. The number of halogens is 1. The van der Waals surface area contributed by atoms with Crippen LogP contribution in [0.3, 0.4) is 0 Å². The summed E-state index contributed by atoms with van der Waals surface area (Å²) in [5, 5.41) is 11.5. The van der Waals surface area contributed by atoms with Crippen molar-refractivity contribution in [3.05, 3.63) is 58.3 Å². The van der Waals surface area contributed by atoms with Gasteiger partial charge in [0.05, 0.1) is 0 Å². The Labute approximate surface area is 189 Å². The number of nitrogens with one attached hydrogen (secondary N) is 3. The van der Waals surface area contributed by atoms with Crippen LogP contribution in [0.4, 0.5) is 0 Å². The minimum absolute atomic E-state index is 0. The van der Waals surface area contributed by atoms with Gasteiger partial charge >= 0.3 is 0 Å². The summed E-state index contributed by atoms with van der Waals surface area (Å²) in [5.74, 6) is 1.29. The second kappa shape index (κ2) is 14.4. The molecule has 0 saturated carbocycles. The molecule has 28 heavy (non-hydrogen) atoms. The summed E-state index contributed by atoms with van der Waals surface area (Å²) in [7, 11) is 0. The first kappa shape index (κ1) is 24.4. The van der Waals surface area contributed by atoms with Crippen LogP contribution in [0.1, 0.15) is 30.7 Å². The van der Waals surface area contributed by atoms with Gasteiger partial charge in [0.1, 0.15) is 0 Å². The second-order valence-electron chi connectivity index (χ2n) is 6.55. The zero-order chi connectivity index (χ0) is 19.3. The van der Waals surface area contributed by atoms with Crippen molar-refractivity contribution in [3.63, 3.8) is 0 Å². The Balaban J connectivity index is 0.00000392. The van der Waals surface area contributed by atoms with Crippen LogP contribution >= 0.6 is 35.3 Å². The number of carbonyl (C=O) groups is 1. The summed E-state index contributed by atoms with van der Waals surface area (Å²) in [4.78, 5) is 18.0. The quantitative estimate of drug-likeness (QED) is 0.257. The zero-order valence-corrected chi connectivity index (χ0v) is 19.8. The van der Waals surface area contributed by atoms with Crippen molar-refractivity contribution in [1.82, 2.24) is 16.0 Å². The maximum atomic E-state index is 12.0. The normalized spacial score (nSPS) is 12.0. The number of benzene rings is 1. The Kier molecular flexibility index (Phi) is 12.6. The van der Waals surface area contributed by atoms with E-state index in [4.69, 9.17) is 0 Å². The monoisotopic (exact) mass is 514 g/mol. The van der Waals surface area contributed by atoms with Crippen molar-refractivity contribution in [3.8, 4) is 0 Å². The summed E-state index contributed by atoms with van der Waals surface area (Å²) in [6.07, 6.45) is 1.46. The van der Waals surface area contributed by atoms with Gasteiger partial charge in [-0.1, -0.05) is 43.3 Å². The van der Waals surface area contributed by atoms with Crippen molar-refractivity contribution in [2.75, 3.05) is 19.6 Å². The first-order valence-electron chi connectivity index (χ1n) is 9.52. The molecule has 0 fully saturated rings. The lowest BCUT2D eigenvalue weighted by Crippen LogP contribution is -2.39. The van der Waals surface area contributed by atoms with E-state index in [-0.39, 0.29) is 29.9 Å². The van der Waals surface area contributed by atoms with Crippen LogP contribution in [0, 0.1) is 5.92 Å². The van der Waals surface area contributed by atoms with E-state index in [1.807, 2.05) is 37.3 Å². The molecule has 2 aromatic rings. The predicted octanol–water partition coefficient (Wildman–Crippen LogP) is 3.81. The second-order valence-corrected chi connectivity index (χ2v) is 7.58. The Morgan fingerprint density at radius 3 is 2.57 bits per heavy atom. The first-order valence-corrected chi connectivity index (χ1v) is 10.4. The average molecular weight is 514 g/mol. The van der Waals surface area contributed by atoms with Gasteiger partial charge in [-0.05, 0) is 36.3 Å². The Morgan fingerprint density at radius 1 is 1.11 bits per heavy atom. The van der Waals surface area contributed by atoms with E-state index in [9.17, 15) is 4.79 Å². The van der Waals surface area contributed by atoms with Gasteiger partial charge in [0.2, 0.25) is 5.91 Å². The molecule has 1 aromatic carbocycles. The van der Waals surface area contributed by atoms with E-state index in [0.29, 0.717) is 25.4 Å². The molecule has 154 valence electrons. The Hall–Kier alpha value is -1.61. The molecule has 2 rings (SSSR count). The van der Waals surface area contributed by atoms with Crippen LogP contribution in [0.25, 0.3) is 0 Å². The highest BCUT2D eigenvalue weighted by Crippen LogP contribution is 2.14. The molecule has 1 aromatic heterocycles. The fraction of sp³-hybridized carbons (Fsp3) is 0.429. The fourth-order valence-corrected chi connectivity index (χ4v) is 3.47. The number of aliphatic imine (C=N–C) groups is 1. The van der Waals surface area contributed by atoms with Crippen LogP contribution in [-0.4, -0.2) is 31.5 Å². The van der Waals surface area contributed by atoms with Crippen molar-refractivity contribution in [1.29, 1.82) is 0 Å². The first-order chi connectivity index (χ1) is 13.2. The molecule has 1 heterocycles. The van der Waals surface area contributed by atoms with Gasteiger partial charge in [-0.2, -0.15) is 0 Å². The SMILES string of the molecule is CCNC(=NCC(C)Cc1cccs1)NCCC(=O)NCc1ccccc1.I. The minimum atomic E-state index is 0. The Bertz CT molecular complexity index is 692. The highest BCUT2D eigenvalue weighted by molar-refractivity contribution is 14.0. The molecule has 1 atom stereocenters. The zero-order valence-electron chi connectivity index (χ0n) is 16.6. The smallest absolute Gasteiger partial charge is 0.222 e. The van der Waals surface area contributed by atoms with E-state index in [2.05, 4.69) is 45.4 Å². The van der Waals surface area contributed by atoms with E-state index in [1.54, 1.807) is 11.3 Å². The third-order valence-corrected chi connectivity index (χ3v) is 4.91. The molecule has 0 aliphatic heterocycles. The summed E-state index contributed by atoms with van der Waals surface area (Å²) >= 11 is 1.79. The molecule has 0 radical (unpaired) electrons. The molecule has 0 spiro atoms. The lowest BCUT2D eigenvalue weighted by atomic mass is 10.1. The molecule has 0 aliphatic rings. The highest BCUT2D eigenvalue weighted by Gasteiger charge is 2.06. The molecular formula is C21H31IN4OS. The third-order valence-electron chi connectivity index (χ3n) is 4.01. The predicted molar refractivity (Wildman–Crippen MR) is 129 cm³/mol. The van der Waals surface area contributed by atoms with Gasteiger partial charge < -0.3 is 16.0 Å². The van der Waals surface area contributed by atoms with Crippen LogP contribution in [0.15, 0.2) is 52.8 Å². The van der Waals surface area contributed by atoms with Crippen LogP contribution in [-0.2, 0) is 17.8 Å². The molecule has 1 amide bonds. The molecule has 7 heteroatoms. The van der Waals surface area contributed by atoms with Gasteiger partial charge in [0.15, 0.2) is 5.96 Å². The molecule has 0 bridgehead atoms. The van der Waals surface area contributed by atoms with E-state index in [0.717, 1.165) is 31.0 Å². The largest absolute Gasteiger partial charge is 0.357 e. The van der Waals surface area contributed by atoms with Gasteiger partial charge in [-0.25, -0.2) is 0 Å². The van der Waals surface area contributed by atoms with E-state index >= 15 is 0 Å². The number of rotatable bonds is 10.